The maximum atomic E-state index is 11.6. The summed E-state index contributed by atoms with van der Waals surface area (Å²) in [6, 6.07) is 9.79. The van der Waals surface area contributed by atoms with Crippen molar-refractivity contribution in [1.29, 1.82) is 0 Å². The predicted molar refractivity (Wildman–Crippen MR) is 93.9 cm³/mol. The molecule has 0 radical (unpaired) electrons. The molecule has 0 unspecified atom stereocenters. The van der Waals surface area contributed by atoms with Crippen molar-refractivity contribution in [2.75, 3.05) is 0 Å². The quantitative estimate of drug-likeness (QED) is 0.617. The molecule has 6 heteroatoms. The second kappa shape index (κ2) is 6.00. The lowest BCUT2D eigenvalue weighted by molar-refractivity contribution is 0.0699. The highest BCUT2D eigenvalue weighted by atomic mass is 35.5. The lowest BCUT2D eigenvalue weighted by Gasteiger charge is -2.11. The van der Waals surface area contributed by atoms with E-state index >= 15 is 0 Å². The van der Waals surface area contributed by atoms with Gasteiger partial charge in [-0.05, 0) is 42.8 Å². The van der Waals surface area contributed by atoms with Crippen LogP contribution >= 0.6 is 34.8 Å². The molecule has 0 aliphatic carbocycles. The number of carboxylic acids is 1. The third kappa shape index (κ3) is 2.88. The largest absolute Gasteiger partial charge is 0.478 e. The topological polar surface area (TPSA) is 50.2 Å². The molecule has 0 atom stereocenters. The van der Waals surface area contributed by atoms with Crippen molar-refractivity contribution >= 4 is 51.7 Å². The first kappa shape index (κ1) is 16.1. The van der Waals surface area contributed by atoms with Crippen molar-refractivity contribution in [1.82, 2.24) is 4.98 Å². The van der Waals surface area contributed by atoms with Crippen LogP contribution in [0.1, 0.15) is 15.9 Å². The zero-order valence-corrected chi connectivity index (χ0v) is 14.2. The summed E-state index contributed by atoms with van der Waals surface area (Å²) < 4.78 is 0. The van der Waals surface area contributed by atoms with Gasteiger partial charge in [0, 0.05) is 21.0 Å². The molecule has 2 aromatic carbocycles. The zero-order chi connectivity index (χ0) is 16.7. The Labute approximate surface area is 147 Å². The van der Waals surface area contributed by atoms with E-state index in [-0.39, 0.29) is 5.56 Å². The van der Waals surface area contributed by atoms with E-state index in [9.17, 15) is 9.90 Å². The lowest BCUT2D eigenvalue weighted by atomic mass is 10.0. The van der Waals surface area contributed by atoms with Gasteiger partial charge in [-0.25, -0.2) is 9.78 Å². The highest BCUT2D eigenvalue weighted by Gasteiger charge is 2.16. The van der Waals surface area contributed by atoms with Gasteiger partial charge in [0.15, 0.2) is 0 Å². The molecule has 23 heavy (non-hydrogen) atoms. The minimum atomic E-state index is -1.04. The molecule has 0 saturated carbocycles. The molecule has 0 fully saturated rings. The lowest BCUT2D eigenvalue weighted by Crippen LogP contribution is -2.01. The monoisotopic (exact) mass is 365 g/mol. The van der Waals surface area contributed by atoms with Crippen LogP contribution in [0.5, 0.6) is 0 Å². The van der Waals surface area contributed by atoms with Gasteiger partial charge in [-0.15, -0.1) is 0 Å². The Morgan fingerprint density at radius 1 is 1.04 bits per heavy atom. The number of pyridine rings is 1. The molecule has 3 aromatic rings. The SMILES string of the molecule is Cc1c(Cl)ccc2c(C(=O)O)cc(-c3cc(Cl)ccc3Cl)nc12. The molecular weight excluding hydrogens is 357 g/mol. The maximum Gasteiger partial charge on any atom is 0.336 e. The van der Waals surface area contributed by atoms with E-state index in [4.69, 9.17) is 34.8 Å². The number of hydrogen-bond acceptors (Lipinski definition) is 2. The van der Waals surface area contributed by atoms with Gasteiger partial charge in [-0.1, -0.05) is 40.9 Å². The third-order valence-corrected chi connectivity index (χ3v) is 4.58. The number of hydrogen-bond donors (Lipinski definition) is 1. The van der Waals surface area contributed by atoms with Gasteiger partial charge in [0.1, 0.15) is 0 Å². The smallest absolute Gasteiger partial charge is 0.336 e. The summed E-state index contributed by atoms with van der Waals surface area (Å²) in [6.07, 6.45) is 0. The van der Waals surface area contributed by atoms with Gasteiger partial charge in [0.25, 0.3) is 0 Å². The predicted octanol–water partition coefficient (Wildman–Crippen LogP) is 5.87. The Kier molecular flexibility index (Phi) is 4.19. The number of aryl methyl sites for hydroxylation is 1. The van der Waals surface area contributed by atoms with Crippen LogP contribution in [0, 0.1) is 6.92 Å². The highest BCUT2D eigenvalue weighted by molar-refractivity contribution is 6.35. The van der Waals surface area contributed by atoms with Gasteiger partial charge >= 0.3 is 5.97 Å². The number of nitrogens with zero attached hydrogens (tertiary/aromatic N) is 1. The van der Waals surface area contributed by atoms with Crippen LogP contribution in [0.4, 0.5) is 0 Å². The molecule has 1 aromatic heterocycles. The van der Waals surface area contributed by atoms with Gasteiger partial charge in [-0.3, -0.25) is 0 Å². The van der Waals surface area contributed by atoms with Gasteiger partial charge in [0.05, 0.1) is 21.8 Å². The number of benzene rings is 2. The van der Waals surface area contributed by atoms with Crippen molar-refractivity contribution in [2.45, 2.75) is 6.92 Å². The van der Waals surface area contributed by atoms with Gasteiger partial charge in [0.2, 0.25) is 0 Å². The summed E-state index contributed by atoms with van der Waals surface area (Å²) in [5.74, 6) is -1.04. The summed E-state index contributed by atoms with van der Waals surface area (Å²) in [7, 11) is 0. The maximum absolute atomic E-state index is 11.6. The first-order chi connectivity index (χ1) is 10.9. The molecule has 0 aliphatic heterocycles. The standard InChI is InChI=1S/C17H10Cl3NO2/c1-8-13(19)5-3-10-11(17(22)23)7-15(21-16(8)10)12-6-9(18)2-4-14(12)20/h2-7H,1H3,(H,22,23). The molecule has 116 valence electrons. The Morgan fingerprint density at radius 3 is 2.43 bits per heavy atom. The Balaban J connectivity index is 2.41. The fraction of sp³-hybridized carbons (Fsp3) is 0.0588. The van der Waals surface area contributed by atoms with Crippen molar-refractivity contribution in [3.8, 4) is 11.3 Å². The Morgan fingerprint density at radius 2 is 1.74 bits per heavy atom. The van der Waals surface area contributed by atoms with Crippen molar-refractivity contribution < 1.29 is 9.90 Å². The summed E-state index contributed by atoms with van der Waals surface area (Å²) in [6.45, 7) is 1.80. The molecule has 1 heterocycles. The number of carbonyl (C=O) groups is 1. The Bertz CT molecular complexity index is 954. The first-order valence-electron chi connectivity index (χ1n) is 6.67. The van der Waals surface area contributed by atoms with E-state index in [1.807, 2.05) is 0 Å². The molecule has 0 bridgehead atoms. The van der Waals surface area contributed by atoms with Crippen LogP contribution in [0.3, 0.4) is 0 Å². The summed E-state index contributed by atoms with van der Waals surface area (Å²) >= 11 is 18.4. The fourth-order valence-corrected chi connectivity index (χ4v) is 2.95. The van der Waals surface area contributed by atoms with Crippen molar-refractivity contribution in [2.24, 2.45) is 0 Å². The van der Waals surface area contributed by atoms with E-state index in [2.05, 4.69) is 4.98 Å². The minimum absolute atomic E-state index is 0.140. The molecule has 3 nitrogen and oxygen atoms in total. The average molecular weight is 367 g/mol. The van der Waals surface area contributed by atoms with Crippen LogP contribution in [-0.4, -0.2) is 16.1 Å². The molecular formula is C17H10Cl3NO2. The van der Waals surface area contributed by atoms with E-state index in [1.165, 1.54) is 6.07 Å². The number of halogens is 3. The van der Waals surface area contributed by atoms with Gasteiger partial charge in [-0.2, -0.15) is 0 Å². The summed E-state index contributed by atoms with van der Waals surface area (Å²) in [5.41, 5.74) is 2.40. The van der Waals surface area contributed by atoms with Gasteiger partial charge < -0.3 is 5.11 Å². The minimum Gasteiger partial charge on any atom is -0.478 e. The number of fused-ring (bicyclic) bond motifs is 1. The number of aromatic nitrogens is 1. The van der Waals surface area contributed by atoms with Crippen LogP contribution in [0.2, 0.25) is 15.1 Å². The van der Waals surface area contributed by atoms with Crippen LogP contribution in [-0.2, 0) is 0 Å². The van der Waals surface area contributed by atoms with Crippen LogP contribution in [0.15, 0.2) is 36.4 Å². The van der Waals surface area contributed by atoms with E-state index in [0.29, 0.717) is 42.8 Å². The van der Waals surface area contributed by atoms with Crippen molar-refractivity contribution in [3.63, 3.8) is 0 Å². The fourth-order valence-electron chi connectivity index (χ4n) is 2.41. The van der Waals surface area contributed by atoms with Crippen molar-refractivity contribution in [3.05, 3.63) is 62.6 Å². The molecule has 1 N–H and O–H groups in total. The highest BCUT2D eigenvalue weighted by Crippen LogP contribution is 2.34. The molecule has 3 rings (SSSR count). The molecule has 0 aliphatic rings. The third-order valence-electron chi connectivity index (χ3n) is 3.60. The van der Waals surface area contributed by atoms with E-state index < -0.39 is 5.97 Å². The average Bonchev–Trinajstić information content (AvgIpc) is 2.52. The molecule has 0 amide bonds. The van der Waals surface area contributed by atoms with E-state index in [1.54, 1.807) is 37.3 Å². The molecule has 0 spiro atoms. The number of aromatic carboxylic acids is 1. The van der Waals surface area contributed by atoms with Crippen LogP contribution in [0.25, 0.3) is 22.2 Å². The van der Waals surface area contributed by atoms with E-state index in [0.717, 1.165) is 0 Å². The first-order valence-corrected chi connectivity index (χ1v) is 7.80. The second-order valence-electron chi connectivity index (χ2n) is 5.05. The number of rotatable bonds is 2. The Hall–Kier alpha value is -1.81. The summed E-state index contributed by atoms with van der Waals surface area (Å²) in [5, 5.41) is 11.5. The van der Waals surface area contributed by atoms with Crippen LogP contribution < -0.4 is 0 Å². The number of carboxylic acid groups (broad SMARTS) is 1. The second-order valence-corrected chi connectivity index (χ2v) is 6.30. The molecule has 0 saturated heterocycles. The summed E-state index contributed by atoms with van der Waals surface area (Å²) in [4.78, 5) is 16.2. The normalized spacial score (nSPS) is 11.0. The zero-order valence-electron chi connectivity index (χ0n) is 11.9.